The standard InChI is InChI=1S/C28H18N2/c1-2-10-20(11-3-1)25-22-13-6-7-14-23(22)26(24-15-8-17-29-28(24)25)27-21-12-5-4-9-19(21)16-18-30-27/h1-18H. The van der Waals surface area contributed by atoms with Gasteiger partial charge in [-0.05, 0) is 33.9 Å². The van der Waals surface area contributed by atoms with Crippen molar-refractivity contribution in [1.29, 1.82) is 0 Å². The normalized spacial score (nSPS) is 11.3. The lowest BCUT2D eigenvalue weighted by Gasteiger charge is -2.17. The summed E-state index contributed by atoms with van der Waals surface area (Å²) >= 11 is 0. The fourth-order valence-corrected chi connectivity index (χ4v) is 4.47. The van der Waals surface area contributed by atoms with E-state index >= 15 is 0 Å². The predicted molar refractivity (Wildman–Crippen MR) is 125 cm³/mol. The second kappa shape index (κ2) is 6.78. The summed E-state index contributed by atoms with van der Waals surface area (Å²) < 4.78 is 0. The van der Waals surface area contributed by atoms with Crippen LogP contribution in [0.25, 0.3) is 54.8 Å². The molecule has 2 nitrogen and oxygen atoms in total. The van der Waals surface area contributed by atoms with Crippen LogP contribution in [0, 0.1) is 0 Å². The van der Waals surface area contributed by atoms with E-state index in [4.69, 9.17) is 9.97 Å². The van der Waals surface area contributed by atoms with Crippen molar-refractivity contribution in [2.45, 2.75) is 0 Å². The molecule has 0 aliphatic heterocycles. The van der Waals surface area contributed by atoms with Crippen LogP contribution in [0.5, 0.6) is 0 Å². The van der Waals surface area contributed by atoms with Crippen LogP contribution < -0.4 is 0 Å². The molecule has 0 saturated heterocycles. The Morgan fingerprint density at radius 2 is 1.10 bits per heavy atom. The number of rotatable bonds is 2. The van der Waals surface area contributed by atoms with Gasteiger partial charge in [-0.1, -0.05) is 84.9 Å². The molecule has 0 aliphatic carbocycles. The highest BCUT2D eigenvalue weighted by Gasteiger charge is 2.18. The van der Waals surface area contributed by atoms with Crippen LogP contribution in [0.4, 0.5) is 0 Å². The Balaban J connectivity index is 1.85. The maximum Gasteiger partial charge on any atom is 0.0793 e. The molecule has 6 aromatic rings. The van der Waals surface area contributed by atoms with E-state index < -0.39 is 0 Å². The first-order valence-electron chi connectivity index (χ1n) is 10.1. The van der Waals surface area contributed by atoms with Crippen molar-refractivity contribution in [3.8, 4) is 22.4 Å². The van der Waals surface area contributed by atoms with Gasteiger partial charge < -0.3 is 0 Å². The first-order valence-corrected chi connectivity index (χ1v) is 10.1. The highest BCUT2D eigenvalue weighted by atomic mass is 14.7. The molecule has 0 saturated carbocycles. The van der Waals surface area contributed by atoms with E-state index in [9.17, 15) is 0 Å². The first-order chi connectivity index (χ1) is 14.9. The smallest absolute Gasteiger partial charge is 0.0793 e. The summed E-state index contributed by atoms with van der Waals surface area (Å²) in [6.45, 7) is 0. The lowest BCUT2D eigenvalue weighted by Crippen LogP contribution is -1.94. The second-order valence-electron chi connectivity index (χ2n) is 7.44. The fourth-order valence-electron chi connectivity index (χ4n) is 4.47. The van der Waals surface area contributed by atoms with E-state index in [0.29, 0.717) is 0 Å². The number of pyridine rings is 2. The van der Waals surface area contributed by atoms with E-state index in [1.807, 2.05) is 18.5 Å². The van der Waals surface area contributed by atoms with Crippen molar-refractivity contribution >= 4 is 32.4 Å². The molecule has 0 amide bonds. The highest BCUT2D eigenvalue weighted by molar-refractivity contribution is 6.21. The second-order valence-corrected chi connectivity index (χ2v) is 7.44. The molecule has 30 heavy (non-hydrogen) atoms. The van der Waals surface area contributed by atoms with Crippen LogP contribution in [0.1, 0.15) is 0 Å². The van der Waals surface area contributed by atoms with Crippen LogP contribution >= 0.6 is 0 Å². The zero-order chi connectivity index (χ0) is 19.9. The van der Waals surface area contributed by atoms with Gasteiger partial charge in [0.05, 0.1) is 11.2 Å². The number of hydrogen-bond donors (Lipinski definition) is 0. The van der Waals surface area contributed by atoms with Gasteiger partial charge >= 0.3 is 0 Å². The molecule has 0 radical (unpaired) electrons. The molecule has 0 atom stereocenters. The molecule has 0 spiro atoms. The topological polar surface area (TPSA) is 25.8 Å². The molecule has 0 bridgehead atoms. The number of aromatic nitrogens is 2. The van der Waals surface area contributed by atoms with Gasteiger partial charge in [0, 0.05) is 34.3 Å². The van der Waals surface area contributed by atoms with E-state index in [-0.39, 0.29) is 0 Å². The number of hydrogen-bond acceptors (Lipinski definition) is 2. The van der Waals surface area contributed by atoms with Gasteiger partial charge in [0.1, 0.15) is 0 Å². The summed E-state index contributed by atoms with van der Waals surface area (Å²) in [4.78, 5) is 9.70. The lowest BCUT2D eigenvalue weighted by molar-refractivity contribution is 1.36. The molecule has 0 N–H and O–H groups in total. The third-order valence-corrected chi connectivity index (χ3v) is 5.75. The van der Waals surface area contributed by atoms with Gasteiger partial charge in [-0.25, -0.2) is 0 Å². The quantitative estimate of drug-likeness (QED) is 0.294. The number of nitrogens with zero attached hydrogens (tertiary/aromatic N) is 2. The molecular weight excluding hydrogens is 364 g/mol. The van der Waals surface area contributed by atoms with Crippen LogP contribution in [-0.2, 0) is 0 Å². The minimum Gasteiger partial charge on any atom is -0.256 e. The van der Waals surface area contributed by atoms with E-state index in [1.165, 1.54) is 27.3 Å². The Labute approximate surface area is 174 Å². The summed E-state index contributed by atoms with van der Waals surface area (Å²) in [5, 5.41) is 5.86. The van der Waals surface area contributed by atoms with Gasteiger partial charge in [0.2, 0.25) is 0 Å². The monoisotopic (exact) mass is 382 g/mol. The zero-order valence-electron chi connectivity index (χ0n) is 16.3. The van der Waals surface area contributed by atoms with Crippen molar-refractivity contribution in [1.82, 2.24) is 9.97 Å². The van der Waals surface area contributed by atoms with Crippen LogP contribution in [0.3, 0.4) is 0 Å². The zero-order valence-corrected chi connectivity index (χ0v) is 16.3. The van der Waals surface area contributed by atoms with Crippen LogP contribution in [0.2, 0.25) is 0 Å². The molecular formula is C28H18N2. The lowest BCUT2D eigenvalue weighted by atomic mass is 9.88. The van der Waals surface area contributed by atoms with E-state index in [1.54, 1.807) is 0 Å². The molecule has 2 heteroatoms. The van der Waals surface area contributed by atoms with Gasteiger partial charge in [0.15, 0.2) is 0 Å². The largest absolute Gasteiger partial charge is 0.256 e. The molecule has 4 aromatic carbocycles. The molecule has 0 fully saturated rings. The fraction of sp³-hybridized carbons (Fsp3) is 0. The number of benzene rings is 4. The van der Waals surface area contributed by atoms with Gasteiger partial charge in [-0.15, -0.1) is 0 Å². The Hall–Kier alpha value is -4.04. The maximum absolute atomic E-state index is 4.85. The van der Waals surface area contributed by atoms with Crippen molar-refractivity contribution in [3.05, 3.63) is 109 Å². The molecule has 0 unspecified atom stereocenters. The maximum atomic E-state index is 4.85. The molecule has 0 aliphatic rings. The Kier molecular flexibility index (Phi) is 3.82. The van der Waals surface area contributed by atoms with Crippen molar-refractivity contribution < 1.29 is 0 Å². The summed E-state index contributed by atoms with van der Waals surface area (Å²) in [6, 6.07) is 33.8. The number of fused-ring (bicyclic) bond motifs is 3. The molecule has 6 rings (SSSR count). The SMILES string of the molecule is c1ccc(-c2c3ccccc3c(-c3nccc4ccccc34)c3cccnc23)cc1. The average Bonchev–Trinajstić information content (AvgIpc) is 2.83. The van der Waals surface area contributed by atoms with E-state index in [2.05, 4.69) is 91.0 Å². The Morgan fingerprint density at radius 1 is 0.433 bits per heavy atom. The van der Waals surface area contributed by atoms with Crippen molar-refractivity contribution in [2.75, 3.05) is 0 Å². The molecule has 2 heterocycles. The highest BCUT2D eigenvalue weighted by Crippen LogP contribution is 2.43. The third-order valence-electron chi connectivity index (χ3n) is 5.75. The summed E-state index contributed by atoms with van der Waals surface area (Å²) in [7, 11) is 0. The van der Waals surface area contributed by atoms with Crippen LogP contribution in [-0.4, -0.2) is 9.97 Å². The minimum absolute atomic E-state index is 1.00. The average molecular weight is 382 g/mol. The summed E-state index contributed by atoms with van der Waals surface area (Å²) in [6.07, 6.45) is 3.78. The van der Waals surface area contributed by atoms with Crippen LogP contribution in [0.15, 0.2) is 109 Å². The summed E-state index contributed by atoms with van der Waals surface area (Å²) in [5.74, 6) is 0. The van der Waals surface area contributed by atoms with Gasteiger partial charge in [-0.2, -0.15) is 0 Å². The third kappa shape index (κ3) is 2.51. The van der Waals surface area contributed by atoms with Crippen molar-refractivity contribution in [3.63, 3.8) is 0 Å². The van der Waals surface area contributed by atoms with E-state index in [0.717, 1.165) is 27.5 Å². The van der Waals surface area contributed by atoms with Gasteiger partial charge in [0.25, 0.3) is 0 Å². The first kappa shape index (κ1) is 16.9. The van der Waals surface area contributed by atoms with Crippen molar-refractivity contribution in [2.24, 2.45) is 0 Å². The van der Waals surface area contributed by atoms with Gasteiger partial charge in [-0.3, -0.25) is 9.97 Å². The summed E-state index contributed by atoms with van der Waals surface area (Å²) in [5.41, 5.74) is 5.50. The minimum atomic E-state index is 1.00. The molecule has 140 valence electrons. The predicted octanol–water partition coefficient (Wildman–Crippen LogP) is 7.27. The Bertz CT molecular complexity index is 1470. The molecule has 2 aromatic heterocycles. The Morgan fingerprint density at radius 3 is 1.93 bits per heavy atom.